The predicted octanol–water partition coefficient (Wildman–Crippen LogP) is 5.95. The molecular weight excluding hydrogens is 500 g/mol. The van der Waals surface area contributed by atoms with Gasteiger partial charge in [0.25, 0.3) is 0 Å². The quantitative estimate of drug-likeness (QED) is 0.347. The van der Waals surface area contributed by atoms with Crippen LogP contribution in [-0.2, 0) is 43.3 Å². The molecule has 226 valence electrons. The maximum absolute atomic E-state index is 10.2. The molecular formula is C27H58O9S. The van der Waals surface area contributed by atoms with E-state index >= 15 is 0 Å². The lowest BCUT2D eigenvalue weighted by Crippen LogP contribution is -1.96. The van der Waals surface area contributed by atoms with Crippen LogP contribution in [0.5, 0.6) is 0 Å². The zero-order chi connectivity index (χ0) is 31.5. The third kappa shape index (κ3) is 121. The van der Waals surface area contributed by atoms with E-state index in [2.05, 4.69) is 23.3 Å². The number of Topliss-reactive ketones (excluding diaryl/α,β-unsaturated/α-hetero) is 3. The van der Waals surface area contributed by atoms with Crippen molar-refractivity contribution in [2.75, 3.05) is 26.2 Å². The minimum absolute atomic E-state index is 0.157. The van der Waals surface area contributed by atoms with Crippen LogP contribution in [-0.4, -0.2) is 63.9 Å². The molecule has 0 saturated carbocycles. The van der Waals surface area contributed by atoms with Gasteiger partial charge in [-0.15, -0.1) is 0 Å². The summed E-state index contributed by atoms with van der Waals surface area (Å²) in [7, 11) is 0.0995. The van der Waals surface area contributed by atoms with E-state index < -0.39 is 9.84 Å². The molecule has 0 saturated heterocycles. The molecule has 0 spiro atoms. The Kier molecular flexibility index (Phi) is 61.2. The SMILES string of the molecule is CCC.CCC(=O)CC.CCC(=O)OC.CCC(=O)OC.CCC(C)=O.CCC(C)=O.CCS(C)(=O)=O. The molecule has 0 amide bonds. The number of hydrogen-bond donors (Lipinski definition) is 0. The fraction of sp³-hybridized carbons (Fsp3) is 0.815. The van der Waals surface area contributed by atoms with Crippen molar-refractivity contribution in [3.8, 4) is 0 Å². The molecule has 0 aromatic rings. The molecule has 0 aromatic carbocycles. The van der Waals surface area contributed by atoms with Gasteiger partial charge in [-0.1, -0.05) is 68.7 Å². The number of hydrogen-bond acceptors (Lipinski definition) is 9. The van der Waals surface area contributed by atoms with Crippen molar-refractivity contribution in [2.24, 2.45) is 0 Å². The summed E-state index contributed by atoms with van der Waals surface area (Å²) >= 11 is 0. The average molecular weight is 559 g/mol. The van der Waals surface area contributed by atoms with Crippen LogP contribution in [0.2, 0.25) is 0 Å². The normalized spacial score (nSPS) is 8.27. The second-order valence-electron chi connectivity index (χ2n) is 7.14. The van der Waals surface area contributed by atoms with E-state index in [0.29, 0.717) is 44.3 Å². The van der Waals surface area contributed by atoms with E-state index in [-0.39, 0.29) is 29.3 Å². The third-order valence-corrected chi connectivity index (χ3v) is 4.39. The van der Waals surface area contributed by atoms with Gasteiger partial charge in [0.2, 0.25) is 0 Å². The molecule has 37 heavy (non-hydrogen) atoms. The first-order valence-electron chi connectivity index (χ1n) is 12.8. The van der Waals surface area contributed by atoms with Gasteiger partial charge in [-0.2, -0.15) is 0 Å². The highest BCUT2D eigenvalue weighted by molar-refractivity contribution is 7.90. The van der Waals surface area contributed by atoms with Crippen molar-refractivity contribution in [3.63, 3.8) is 0 Å². The molecule has 0 radical (unpaired) electrons. The van der Waals surface area contributed by atoms with Crippen LogP contribution in [0.3, 0.4) is 0 Å². The van der Waals surface area contributed by atoms with Crippen molar-refractivity contribution >= 4 is 39.1 Å². The highest BCUT2D eigenvalue weighted by atomic mass is 32.2. The fourth-order valence-electron chi connectivity index (χ4n) is 0.539. The summed E-state index contributed by atoms with van der Waals surface area (Å²) in [6.07, 6.45) is 6.12. The van der Waals surface area contributed by atoms with E-state index in [0.717, 1.165) is 0 Å². The third-order valence-electron chi connectivity index (χ3n) is 3.34. The van der Waals surface area contributed by atoms with Crippen LogP contribution in [0.25, 0.3) is 0 Å². The summed E-state index contributed by atoms with van der Waals surface area (Å²) in [4.78, 5) is 49.7. The second kappa shape index (κ2) is 43.9. The first kappa shape index (κ1) is 51.5. The Labute approximate surface area is 228 Å². The lowest BCUT2D eigenvalue weighted by molar-refractivity contribution is -0.141. The summed E-state index contributed by atoms with van der Waals surface area (Å²) in [6.45, 7) is 20.0. The molecule has 0 atom stereocenters. The van der Waals surface area contributed by atoms with Gasteiger partial charge in [-0.05, 0) is 13.8 Å². The summed E-state index contributed by atoms with van der Waals surface area (Å²) in [5.41, 5.74) is 0. The Morgan fingerprint density at radius 2 is 0.730 bits per heavy atom. The molecule has 0 aliphatic heterocycles. The van der Waals surface area contributed by atoms with E-state index in [9.17, 15) is 32.4 Å². The molecule has 0 rings (SSSR count). The Balaban J connectivity index is -0.0000000572. The topological polar surface area (TPSA) is 138 Å². The van der Waals surface area contributed by atoms with Gasteiger partial charge < -0.3 is 19.1 Å². The highest BCUT2D eigenvalue weighted by Gasteiger charge is 1.91. The zero-order valence-electron chi connectivity index (χ0n) is 26.2. The molecule has 9 nitrogen and oxygen atoms in total. The second-order valence-corrected chi connectivity index (χ2v) is 9.57. The van der Waals surface area contributed by atoms with Gasteiger partial charge in [-0.3, -0.25) is 14.4 Å². The molecule has 0 heterocycles. The fourth-order valence-corrected chi connectivity index (χ4v) is 0.539. The summed E-state index contributed by atoms with van der Waals surface area (Å²) in [5.74, 6) is 0.780. The first-order chi connectivity index (χ1) is 16.9. The maximum Gasteiger partial charge on any atom is 0.305 e. The van der Waals surface area contributed by atoms with Crippen LogP contribution < -0.4 is 0 Å². The largest absolute Gasteiger partial charge is 0.469 e. The van der Waals surface area contributed by atoms with Gasteiger partial charge >= 0.3 is 11.9 Å². The van der Waals surface area contributed by atoms with E-state index in [4.69, 9.17) is 0 Å². The molecule has 0 unspecified atom stereocenters. The van der Waals surface area contributed by atoms with Crippen molar-refractivity contribution in [3.05, 3.63) is 0 Å². The van der Waals surface area contributed by atoms with Crippen molar-refractivity contribution < 1.29 is 41.9 Å². The predicted molar refractivity (Wildman–Crippen MR) is 153 cm³/mol. The standard InChI is InChI=1S/C5H10O.2C4H8O2.2C4H8O.C3H8O2S.C3H8/c1-3-5(6)4-2;2*1-3-4(5)6-2;2*1-3-4(2)5;1-3-6(2,4)5;1-3-2/h3-4H2,1-2H3;2*3H2,1-2H3;2*3H2,1-2H3;3H2,1-2H3;3H2,1-2H3. The average Bonchev–Trinajstić information content (AvgIpc) is 2.88. The molecule has 0 N–H and O–H groups in total. The van der Waals surface area contributed by atoms with E-state index in [1.54, 1.807) is 34.6 Å². The Bertz CT molecular complexity index is 556. The van der Waals surface area contributed by atoms with Gasteiger partial charge in [0, 0.05) is 50.5 Å². The number of esters is 2. The minimum atomic E-state index is -2.66. The summed E-state index contributed by atoms with van der Waals surface area (Å²) in [6, 6.07) is 0. The smallest absolute Gasteiger partial charge is 0.305 e. The summed E-state index contributed by atoms with van der Waals surface area (Å²) < 4.78 is 28.5. The molecule has 0 aliphatic carbocycles. The Morgan fingerprint density at radius 1 is 0.541 bits per heavy atom. The molecule has 0 aromatic heterocycles. The van der Waals surface area contributed by atoms with Crippen LogP contribution in [0.4, 0.5) is 0 Å². The number of ketones is 3. The van der Waals surface area contributed by atoms with Crippen molar-refractivity contribution in [1.82, 2.24) is 0 Å². The van der Waals surface area contributed by atoms with Gasteiger partial charge in [0.15, 0.2) is 0 Å². The van der Waals surface area contributed by atoms with Crippen LogP contribution in [0, 0.1) is 0 Å². The lowest BCUT2D eigenvalue weighted by atomic mass is 10.3. The number of carbonyl (C=O) groups excluding carboxylic acids is 5. The van der Waals surface area contributed by atoms with Crippen molar-refractivity contribution in [1.29, 1.82) is 0 Å². The number of ether oxygens (including phenoxy) is 2. The monoisotopic (exact) mass is 558 g/mol. The molecule has 0 aliphatic rings. The molecule has 10 heteroatoms. The Hall–Kier alpha value is -2.10. The number of carbonyl (C=O) groups is 5. The Morgan fingerprint density at radius 3 is 0.730 bits per heavy atom. The minimum Gasteiger partial charge on any atom is -0.469 e. The number of sulfone groups is 1. The van der Waals surface area contributed by atoms with E-state index in [1.807, 2.05) is 27.7 Å². The van der Waals surface area contributed by atoms with Crippen LogP contribution >= 0.6 is 0 Å². The highest BCUT2D eigenvalue weighted by Crippen LogP contribution is 1.83. The van der Waals surface area contributed by atoms with Gasteiger partial charge in [0.1, 0.15) is 27.2 Å². The maximum atomic E-state index is 10.2. The number of rotatable bonds is 7. The zero-order valence-corrected chi connectivity index (χ0v) is 27.1. The van der Waals surface area contributed by atoms with Crippen molar-refractivity contribution in [2.45, 2.75) is 121 Å². The molecule has 0 bridgehead atoms. The van der Waals surface area contributed by atoms with Crippen LogP contribution in [0.1, 0.15) is 121 Å². The van der Waals surface area contributed by atoms with Crippen LogP contribution in [0.15, 0.2) is 0 Å². The van der Waals surface area contributed by atoms with E-state index in [1.165, 1.54) is 26.9 Å². The number of methoxy groups -OCH3 is 2. The summed E-state index contributed by atoms with van der Waals surface area (Å²) in [5, 5.41) is 0. The lowest BCUT2D eigenvalue weighted by Gasteiger charge is -1.87. The van der Waals surface area contributed by atoms with Gasteiger partial charge in [-0.25, -0.2) is 8.42 Å². The van der Waals surface area contributed by atoms with Gasteiger partial charge in [0.05, 0.1) is 14.2 Å². The first-order valence-corrected chi connectivity index (χ1v) is 14.8. The molecule has 0 fully saturated rings.